The second kappa shape index (κ2) is 27.5. The Hall–Kier alpha value is -13.0. The summed E-state index contributed by atoms with van der Waals surface area (Å²) in [5.41, 5.74) is 26.3. The second-order valence-electron chi connectivity index (χ2n) is 26.1. The van der Waals surface area contributed by atoms with Gasteiger partial charge in [-0.3, -0.25) is 0 Å². The minimum absolute atomic E-state index is 0.607. The highest BCUT2D eigenvalue weighted by molar-refractivity contribution is 9.10. The molecule has 4 heterocycles. The molecule has 0 aliphatic heterocycles. The highest BCUT2D eigenvalue weighted by atomic mass is 79.9. The molecule has 0 aliphatic rings. The van der Waals surface area contributed by atoms with Crippen molar-refractivity contribution in [2.24, 2.45) is 0 Å². The van der Waals surface area contributed by atoms with Gasteiger partial charge in [-0.25, -0.2) is 0 Å². The van der Waals surface area contributed by atoms with Crippen LogP contribution in [-0.4, -0.2) is 31.0 Å². The van der Waals surface area contributed by atoms with Gasteiger partial charge in [0.2, 0.25) is 0 Å². The summed E-state index contributed by atoms with van der Waals surface area (Å²) in [6.07, 6.45) is 0. The normalized spacial score (nSPS) is 11.4. The predicted octanol–water partition coefficient (Wildman–Crippen LogP) is 25.5. The van der Waals surface area contributed by atoms with Gasteiger partial charge >= 0.3 is 7.69 Å². The van der Waals surface area contributed by atoms with Crippen LogP contribution in [0, 0.1) is 0 Å². The van der Waals surface area contributed by atoms with Crippen LogP contribution in [0.3, 0.4) is 0 Å². The van der Waals surface area contributed by atoms with Crippen LogP contribution in [0.2, 0.25) is 0 Å². The van der Waals surface area contributed by atoms with Crippen molar-refractivity contribution in [3.8, 4) is 84.1 Å². The standard InChI is InChI=1S/C48H32N2.C24H17BNO2.C24H16BrN/c1-3-12-33(13-4-1)35-22-26-39(27-23-35)49-45-20-9-7-18-41(45)43-31-37(24-28-47(43)49)38-25-29-48-44(32-38)42-19-8-10-21-46(42)50(48)40-17-11-16-36(30-40)34-14-5-2-6-15-34;27-25-28-20-13-14-24-22(16-20)21-11-4-5-12-23(21)26(24)19-10-6-9-18(15-19)17-7-2-1-3-8-17;25-19-12-15-24-22(16-19)21-8-4-5-9-23(21)26(24)20-13-10-18(11-14-20)17-6-2-1-3-7-17/h1-32H;1-16,27H;1-16H. The molecule has 104 heavy (non-hydrogen) atoms. The minimum atomic E-state index is 0.607. The molecule has 0 saturated heterocycles. The van der Waals surface area contributed by atoms with E-state index in [0.29, 0.717) is 13.4 Å². The summed E-state index contributed by atoms with van der Waals surface area (Å²) in [6, 6.07) is 138. The van der Waals surface area contributed by atoms with Crippen molar-refractivity contribution in [1.29, 1.82) is 0 Å². The van der Waals surface area contributed by atoms with Crippen LogP contribution in [0.15, 0.2) is 393 Å². The summed E-state index contributed by atoms with van der Waals surface area (Å²) in [6.45, 7) is 0. The SMILES string of the molecule is Brc1ccc2c(c1)c1ccccc1n2-c1ccc(-c2ccccc2)cc1.O[B]Oc1ccc2c(c1)c1ccccc1n2-c1cccc(-c2ccccc2)c1.c1ccc(-c2ccc(-n3c4ccccc4c4cc(-c5ccc6c(c5)c5ccccc5n6-c5cccc(-c6ccccc6)c5)ccc43)cc2)cc1. The molecule has 4 aromatic heterocycles. The predicted molar refractivity (Wildman–Crippen MR) is 440 cm³/mol. The molecule has 6 nitrogen and oxygen atoms in total. The molecule has 491 valence electrons. The van der Waals surface area contributed by atoms with Crippen LogP contribution in [0.4, 0.5) is 0 Å². The van der Waals surface area contributed by atoms with E-state index in [1.165, 1.54) is 127 Å². The Morgan fingerprint density at radius 1 is 0.202 bits per heavy atom. The monoisotopic (exact) mass is 1400 g/mol. The number of hydrogen-bond acceptors (Lipinski definition) is 2. The van der Waals surface area contributed by atoms with Crippen molar-refractivity contribution in [3.63, 3.8) is 0 Å². The maximum atomic E-state index is 8.97. The van der Waals surface area contributed by atoms with Crippen LogP contribution >= 0.6 is 15.9 Å². The Bertz CT molecular complexity index is 6540. The van der Waals surface area contributed by atoms with Crippen LogP contribution in [0.5, 0.6) is 5.75 Å². The first kappa shape index (κ1) is 63.2. The van der Waals surface area contributed by atoms with E-state index < -0.39 is 0 Å². The summed E-state index contributed by atoms with van der Waals surface area (Å²) in [7, 11) is 0.712. The number of halogens is 1. The maximum absolute atomic E-state index is 8.97. The third-order valence-corrected chi connectivity index (χ3v) is 20.5. The fourth-order valence-corrected chi connectivity index (χ4v) is 15.6. The molecule has 1 radical (unpaired) electrons. The lowest BCUT2D eigenvalue weighted by atomic mass is 10.0. The Morgan fingerprint density at radius 3 is 0.856 bits per heavy atom. The largest absolute Gasteiger partial charge is 0.569 e. The van der Waals surface area contributed by atoms with E-state index >= 15 is 0 Å². The fourth-order valence-electron chi connectivity index (χ4n) is 15.2. The molecular weight excluding hydrogens is 1330 g/mol. The van der Waals surface area contributed by atoms with Gasteiger partial charge in [0.25, 0.3) is 0 Å². The van der Waals surface area contributed by atoms with Crippen molar-refractivity contribution >= 4 is 111 Å². The Balaban J connectivity index is 0.000000121. The molecule has 16 aromatic carbocycles. The number of aromatic nitrogens is 4. The molecule has 0 amide bonds. The van der Waals surface area contributed by atoms with Crippen molar-refractivity contribution in [3.05, 3.63) is 393 Å². The van der Waals surface area contributed by atoms with Gasteiger partial charge in [-0.1, -0.05) is 271 Å². The molecule has 0 spiro atoms. The van der Waals surface area contributed by atoms with Gasteiger partial charge in [0.15, 0.2) is 0 Å². The first-order valence-corrected chi connectivity index (χ1v) is 35.8. The summed E-state index contributed by atoms with van der Waals surface area (Å²) >= 11 is 3.61. The van der Waals surface area contributed by atoms with Gasteiger partial charge < -0.3 is 27.9 Å². The molecule has 1 N–H and O–H groups in total. The van der Waals surface area contributed by atoms with Crippen LogP contribution in [0.25, 0.3) is 166 Å². The van der Waals surface area contributed by atoms with Crippen LogP contribution in [-0.2, 0) is 0 Å². The smallest absolute Gasteiger partial charge is 0.537 e. The van der Waals surface area contributed by atoms with E-state index in [2.05, 4.69) is 386 Å². The summed E-state index contributed by atoms with van der Waals surface area (Å²) in [4.78, 5) is 0. The first-order chi connectivity index (χ1) is 51.5. The zero-order valence-electron chi connectivity index (χ0n) is 56.6. The third kappa shape index (κ3) is 11.8. The molecular formula is C96H65BBrN4O2. The number of fused-ring (bicyclic) bond motifs is 12. The fraction of sp³-hybridized carbons (Fsp3) is 0. The van der Waals surface area contributed by atoms with E-state index in [9.17, 15) is 0 Å². The number of nitrogens with zero attached hydrogens (tertiary/aromatic N) is 4. The molecule has 0 aliphatic carbocycles. The maximum Gasteiger partial charge on any atom is 0.569 e. The van der Waals surface area contributed by atoms with E-state index in [4.69, 9.17) is 9.68 Å². The number of benzene rings is 16. The quantitative estimate of drug-likeness (QED) is 0.131. The minimum Gasteiger partial charge on any atom is -0.537 e. The zero-order valence-corrected chi connectivity index (χ0v) is 58.1. The average Bonchev–Trinajstić information content (AvgIpc) is 1.61. The Kier molecular flexibility index (Phi) is 16.7. The molecule has 0 atom stereocenters. The summed E-state index contributed by atoms with van der Waals surface area (Å²) in [5.74, 6) is 0.607. The molecule has 20 rings (SSSR count). The van der Waals surface area contributed by atoms with Gasteiger partial charge in [0.05, 0.1) is 44.1 Å². The summed E-state index contributed by atoms with van der Waals surface area (Å²) < 4.78 is 15.7. The summed E-state index contributed by atoms with van der Waals surface area (Å²) in [5, 5.41) is 18.8. The molecule has 0 saturated carbocycles. The second-order valence-corrected chi connectivity index (χ2v) is 27.0. The molecule has 0 fully saturated rings. The van der Waals surface area contributed by atoms with Crippen molar-refractivity contribution < 1.29 is 9.68 Å². The Morgan fingerprint density at radius 2 is 0.471 bits per heavy atom. The van der Waals surface area contributed by atoms with Crippen molar-refractivity contribution in [2.75, 3.05) is 0 Å². The first-order valence-electron chi connectivity index (χ1n) is 35.0. The lowest BCUT2D eigenvalue weighted by molar-refractivity contribution is 0.454. The van der Waals surface area contributed by atoms with E-state index in [1.807, 2.05) is 36.4 Å². The Labute approximate surface area is 611 Å². The van der Waals surface area contributed by atoms with Gasteiger partial charge in [-0.15, -0.1) is 0 Å². The molecule has 8 heteroatoms. The number of hydrogen-bond donors (Lipinski definition) is 1. The number of rotatable bonds is 11. The molecule has 20 aromatic rings. The number of para-hydroxylation sites is 4. The van der Waals surface area contributed by atoms with Gasteiger partial charge in [0.1, 0.15) is 5.75 Å². The van der Waals surface area contributed by atoms with Crippen molar-refractivity contribution in [1.82, 2.24) is 18.3 Å². The van der Waals surface area contributed by atoms with Crippen LogP contribution < -0.4 is 4.65 Å². The van der Waals surface area contributed by atoms with Gasteiger partial charge in [-0.2, -0.15) is 0 Å². The van der Waals surface area contributed by atoms with E-state index in [-0.39, 0.29) is 0 Å². The lowest BCUT2D eigenvalue weighted by Crippen LogP contribution is -1.99. The third-order valence-electron chi connectivity index (χ3n) is 20.0. The van der Waals surface area contributed by atoms with E-state index in [0.717, 1.165) is 43.3 Å². The lowest BCUT2D eigenvalue weighted by Gasteiger charge is -2.11. The highest BCUT2D eigenvalue weighted by Gasteiger charge is 2.19. The average molecular weight is 1400 g/mol. The molecule has 0 unspecified atom stereocenters. The van der Waals surface area contributed by atoms with Crippen molar-refractivity contribution in [2.45, 2.75) is 0 Å². The highest BCUT2D eigenvalue weighted by Crippen LogP contribution is 2.42. The van der Waals surface area contributed by atoms with Crippen LogP contribution in [0.1, 0.15) is 0 Å². The van der Waals surface area contributed by atoms with E-state index in [1.54, 1.807) is 0 Å². The zero-order chi connectivity index (χ0) is 69.5. The van der Waals surface area contributed by atoms with Gasteiger partial charge in [-0.05, 0) is 189 Å². The topological polar surface area (TPSA) is 49.2 Å². The van der Waals surface area contributed by atoms with Gasteiger partial charge in [0, 0.05) is 70.3 Å². The molecule has 0 bridgehead atoms.